The fourth-order valence-corrected chi connectivity index (χ4v) is 3.85. The molecule has 10 nitrogen and oxygen atoms in total. The average Bonchev–Trinajstić information content (AvgIpc) is 2.90. The number of para-hydroxylation sites is 1. The van der Waals surface area contributed by atoms with Gasteiger partial charge in [0.05, 0.1) is 13.7 Å². The van der Waals surface area contributed by atoms with Crippen molar-refractivity contribution < 1.29 is 38.1 Å². The summed E-state index contributed by atoms with van der Waals surface area (Å²) in [4.78, 5) is 48.0. The van der Waals surface area contributed by atoms with Crippen molar-refractivity contribution in [2.24, 2.45) is 0 Å². The number of carbonyl (C=O) groups is 4. The van der Waals surface area contributed by atoms with Crippen LogP contribution in [0, 0.1) is 0 Å². The third kappa shape index (κ3) is 11.0. The standard InChI is InChI=1S/C28H36N2O8/c1-19(31)30-22(14-16-26(35-3)28(34)36-4)13-15-25(37-20(2)32)18-29-27(33)21-9-8-12-24(17-21)38-23-10-6-5-7-11-23/h5-12,17,22,25-26H,13-16,18H2,1-4H3,(H,29,33)(H,30,31). The van der Waals surface area contributed by atoms with Gasteiger partial charge in [0.25, 0.3) is 5.91 Å². The van der Waals surface area contributed by atoms with Crippen LogP contribution < -0.4 is 15.4 Å². The highest BCUT2D eigenvalue weighted by molar-refractivity contribution is 5.94. The molecule has 3 unspecified atom stereocenters. The van der Waals surface area contributed by atoms with E-state index in [9.17, 15) is 19.2 Å². The van der Waals surface area contributed by atoms with Crippen LogP contribution in [0.4, 0.5) is 0 Å². The molecule has 38 heavy (non-hydrogen) atoms. The molecule has 0 saturated heterocycles. The van der Waals surface area contributed by atoms with Crippen LogP contribution in [0.1, 0.15) is 49.9 Å². The normalized spacial score (nSPS) is 12.9. The number of hydrogen-bond acceptors (Lipinski definition) is 8. The highest BCUT2D eigenvalue weighted by Gasteiger charge is 2.23. The van der Waals surface area contributed by atoms with Gasteiger partial charge >= 0.3 is 11.9 Å². The maximum Gasteiger partial charge on any atom is 0.334 e. The van der Waals surface area contributed by atoms with Gasteiger partial charge in [-0.25, -0.2) is 4.79 Å². The van der Waals surface area contributed by atoms with E-state index in [4.69, 9.17) is 18.9 Å². The molecule has 0 fully saturated rings. The lowest BCUT2D eigenvalue weighted by Gasteiger charge is -2.23. The Balaban J connectivity index is 1.97. The minimum atomic E-state index is -0.749. The van der Waals surface area contributed by atoms with Gasteiger partial charge in [-0.1, -0.05) is 24.3 Å². The number of ether oxygens (including phenoxy) is 4. The van der Waals surface area contributed by atoms with E-state index < -0.39 is 24.1 Å². The summed E-state index contributed by atoms with van der Waals surface area (Å²) in [7, 11) is 2.70. The Bertz CT molecular complexity index is 1060. The first-order chi connectivity index (χ1) is 18.2. The largest absolute Gasteiger partial charge is 0.467 e. The summed E-state index contributed by atoms with van der Waals surface area (Å²) in [5, 5.41) is 5.66. The van der Waals surface area contributed by atoms with E-state index in [0.717, 1.165) is 0 Å². The highest BCUT2D eigenvalue weighted by Crippen LogP contribution is 2.22. The topological polar surface area (TPSA) is 129 Å². The first kappa shape index (κ1) is 30.3. The molecule has 0 bridgehead atoms. The molecule has 0 radical (unpaired) electrons. The van der Waals surface area contributed by atoms with Gasteiger partial charge in [-0.2, -0.15) is 0 Å². The van der Waals surface area contributed by atoms with Crippen LogP contribution in [0.5, 0.6) is 11.5 Å². The molecular formula is C28H36N2O8. The zero-order valence-corrected chi connectivity index (χ0v) is 22.2. The molecule has 0 aliphatic rings. The van der Waals surface area contributed by atoms with Crippen molar-refractivity contribution >= 4 is 23.8 Å². The smallest absolute Gasteiger partial charge is 0.334 e. The van der Waals surface area contributed by atoms with Gasteiger partial charge in [0, 0.05) is 32.6 Å². The lowest BCUT2D eigenvalue weighted by Crippen LogP contribution is -2.38. The van der Waals surface area contributed by atoms with Crippen LogP contribution in [0.3, 0.4) is 0 Å². The van der Waals surface area contributed by atoms with Crippen LogP contribution in [0.25, 0.3) is 0 Å². The second-order valence-corrected chi connectivity index (χ2v) is 8.68. The SMILES string of the molecule is COC(=O)C(CCC(CCC(CNC(=O)c1cccc(Oc2ccccc2)c1)OC(C)=O)NC(C)=O)OC. The lowest BCUT2D eigenvalue weighted by molar-refractivity contribution is -0.152. The van der Waals surface area contributed by atoms with E-state index in [0.29, 0.717) is 42.7 Å². The van der Waals surface area contributed by atoms with Crippen LogP contribution in [0.2, 0.25) is 0 Å². The minimum absolute atomic E-state index is 0.0812. The maximum absolute atomic E-state index is 12.8. The van der Waals surface area contributed by atoms with E-state index in [1.54, 1.807) is 24.3 Å². The molecule has 3 atom stereocenters. The molecule has 0 spiro atoms. The van der Waals surface area contributed by atoms with Gasteiger partial charge in [-0.15, -0.1) is 0 Å². The Hall–Kier alpha value is -3.92. The van der Waals surface area contributed by atoms with E-state index >= 15 is 0 Å². The molecule has 10 heteroatoms. The predicted octanol–water partition coefficient (Wildman–Crippen LogP) is 3.39. The fourth-order valence-electron chi connectivity index (χ4n) is 3.85. The van der Waals surface area contributed by atoms with Crippen molar-refractivity contribution in [1.82, 2.24) is 10.6 Å². The minimum Gasteiger partial charge on any atom is -0.467 e. The average molecular weight is 529 g/mol. The first-order valence-electron chi connectivity index (χ1n) is 12.4. The summed E-state index contributed by atoms with van der Waals surface area (Å²) in [6.45, 7) is 2.78. The van der Waals surface area contributed by atoms with Crippen molar-refractivity contribution in [3.63, 3.8) is 0 Å². The van der Waals surface area contributed by atoms with Gasteiger partial charge in [0.15, 0.2) is 6.10 Å². The molecule has 0 saturated carbocycles. The summed E-state index contributed by atoms with van der Waals surface area (Å²) in [6, 6.07) is 15.7. The van der Waals surface area contributed by atoms with Gasteiger partial charge in [-0.05, 0) is 56.0 Å². The number of benzene rings is 2. The Kier molecular flexibility index (Phi) is 12.8. The van der Waals surface area contributed by atoms with E-state index in [-0.39, 0.29) is 24.4 Å². The zero-order chi connectivity index (χ0) is 27.9. The van der Waals surface area contributed by atoms with E-state index in [1.165, 1.54) is 28.1 Å². The molecule has 0 aliphatic carbocycles. The molecule has 2 N–H and O–H groups in total. The fraction of sp³-hybridized carbons (Fsp3) is 0.429. The summed E-state index contributed by atoms with van der Waals surface area (Å²) in [5.41, 5.74) is 0.393. The molecule has 2 amide bonds. The number of hydrogen-bond donors (Lipinski definition) is 2. The molecule has 0 heterocycles. The van der Waals surface area contributed by atoms with E-state index in [2.05, 4.69) is 10.6 Å². The number of nitrogens with one attached hydrogen (secondary N) is 2. The maximum atomic E-state index is 12.8. The number of rotatable bonds is 15. The lowest BCUT2D eigenvalue weighted by atomic mass is 10.0. The molecule has 2 aromatic rings. The molecule has 0 aliphatic heterocycles. The molecule has 206 valence electrons. The van der Waals surface area contributed by atoms with Crippen LogP contribution in [-0.2, 0) is 28.6 Å². The predicted molar refractivity (Wildman–Crippen MR) is 140 cm³/mol. The molecule has 2 aromatic carbocycles. The Labute approximate surface area is 223 Å². The summed E-state index contributed by atoms with van der Waals surface area (Å²) in [5.74, 6) is -0.384. The number of methoxy groups -OCH3 is 2. The monoisotopic (exact) mass is 528 g/mol. The second kappa shape index (κ2) is 16.0. The van der Waals surface area contributed by atoms with E-state index in [1.807, 2.05) is 30.3 Å². The van der Waals surface area contributed by atoms with Gasteiger partial charge in [0.1, 0.15) is 17.6 Å². The Morgan fingerprint density at radius 3 is 2.16 bits per heavy atom. The highest BCUT2D eigenvalue weighted by atomic mass is 16.6. The quantitative estimate of drug-likeness (QED) is 0.337. The molecular weight excluding hydrogens is 492 g/mol. The van der Waals surface area contributed by atoms with Crippen molar-refractivity contribution in [2.45, 2.75) is 57.8 Å². The van der Waals surface area contributed by atoms with Crippen molar-refractivity contribution in [3.05, 3.63) is 60.2 Å². The number of esters is 2. The summed E-state index contributed by atoms with van der Waals surface area (Å²) >= 11 is 0. The van der Waals surface area contributed by atoms with Gasteiger partial charge in [0.2, 0.25) is 5.91 Å². The van der Waals surface area contributed by atoms with Crippen LogP contribution in [-0.4, -0.2) is 62.8 Å². The van der Waals surface area contributed by atoms with Crippen molar-refractivity contribution in [2.75, 3.05) is 20.8 Å². The number of carbonyl (C=O) groups excluding carboxylic acids is 4. The van der Waals surface area contributed by atoms with Crippen LogP contribution in [0.15, 0.2) is 54.6 Å². The summed E-state index contributed by atoms with van der Waals surface area (Å²) < 4.78 is 21.1. The molecule has 0 aromatic heterocycles. The third-order valence-electron chi connectivity index (χ3n) is 5.67. The number of amides is 2. The van der Waals surface area contributed by atoms with Crippen molar-refractivity contribution in [3.8, 4) is 11.5 Å². The Morgan fingerprint density at radius 2 is 1.53 bits per heavy atom. The van der Waals surface area contributed by atoms with Gasteiger partial charge in [-0.3, -0.25) is 14.4 Å². The first-order valence-corrected chi connectivity index (χ1v) is 12.4. The summed E-state index contributed by atoms with van der Waals surface area (Å²) in [6.07, 6.45) is 0.241. The van der Waals surface area contributed by atoms with Crippen molar-refractivity contribution in [1.29, 1.82) is 0 Å². The zero-order valence-electron chi connectivity index (χ0n) is 22.2. The third-order valence-corrected chi connectivity index (χ3v) is 5.67. The molecule has 2 rings (SSSR count). The van der Waals surface area contributed by atoms with Crippen LogP contribution >= 0.6 is 0 Å². The second-order valence-electron chi connectivity index (χ2n) is 8.68. The Morgan fingerprint density at radius 1 is 0.842 bits per heavy atom. The van der Waals surface area contributed by atoms with Gasteiger partial charge < -0.3 is 29.6 Å².